The molecule has 0 aliphatic carbocycles. The van der Waals surface area contributed by atoms with Gasteiger partial charge >= 0.3 is 0 Å². The van der Waals surface area contributed by atoms with E-state index in [4.69, 9.17) is 21.9 Å². The minimum Gasteiger partial charge on any atom is -0.383 e. The van der Waals surface area contributed by atoms with Crippen LogP contribution in [0.2, 0.25) is 0 Å². The van der Waals surface area contributed by atoms with Gasteiger partial charge in [0.1, 0.15) is 10.5 Å². The largest absolute Gasteiger partial charge is 0.383 e. The monoisotopic (exact) mass is 516 g/mol. The highest BCUT2D eigenvalue weighted by Gasteiger charge is 2.21. The number of aromatic nitrogens is 3. The van der Waals surface area contributed by atoms with Crippen LogP contribution in [0.3, 0.4) is 0 Å². The number of hydrogen-bond acceptors (Lipinski definition) is 7. The zero-order chi connectivity index (χ0) is 24.2. The number of ether oxygens (including phenoxy) is 1. The number of methoxy groups -OCH3 is 1. The lowest BCUT2D eigenvalue weighted by atomic mass is 10.2. The number of halogens is 1. The molecule has 0 radical (unpaired) electrons. The van der Waals surface area contributed by atoms with Crippen molar-refractivity contribution < 1.29 is 13.9 Å². The van der Waals surface area contributed by atoms with Gasteiger partial charge in [-0.15, -0.1) is 0 Å². The molecule has 11 heteroatoms. The van der Waals surface area contributed by atoms with Gasteiger partial charge in [-0.25, -0.2) is 9.37 Å². The number of fused-ring (bicyclic) bond motifs is 1. The summed E-state index contributed by atoms with van der Waals surface area (Å²) in [4.78, 5) is 30.6. The van der Waals surface area contributed by atoms with E-state index in [1.165, 1.54) is 16.7 Å². The molecule has 0 fully saturated rings. The summed E-state index contributed by atoms with van der Waals surface area (Å²) in [5, 5.41) is 2.93. The van der Waals surface area contributed by atoms with Crippen molar-refractivity contribution in [2.24, 2.45) is 0 Å². The fourth-order valence-electron chi connectivity index (χ4n) is 3.38. The number of carbonyl (C=O) groups excluding carboxylic acids is 1. The van der Waals surface area contributed by atoms with Gasteiger partial charge in [0.25, 0.3) is 5.56 Å². The van der Waals surface area contributed by atoms with Crippen molar-refractivity contribution in [1.29, 1.82) is 0 Å². The number of nitrogens with one attached hydrogen (secondary N) is 1. The maximum absolute atomic E-state index is 14.7. The third kappa shape index (κ3) is 4.83. The molecule has 2 aromatic carbocycles. The van der Waals surface area contributed by atoms with Crippen LogP contribution >= 0.6 is 35.3 Å². The van der Waals surface area contributed by atoms with Crippen molar-refractivity contribution in [1.82, 2.24) is 19.4 Å². The molecule has 2 heterocycles. The van der Waals surface area contributed by atoms with Crippen molar-refractivity contribution in [2.75, 3.05) is 26.0 Å². The number of carbonyl (C=O) groups is 1. The molecule has 0 saturated heterocycles. The van der Waals surface area contributed by atoms with Crippen molar-refractivity contribution in [3.63, 3.8) is 0 Å². The number of benzene rings is 2. The first-order chi connectivity index (χ1) is 16.4. The van der Waals surface area contributed by atoms with E-state index >= 15 is 0 Å². The summed E-state index contributed by atoms with van der Waals surface area (Å²) in [5.41, 5.74) is 1.77. The fourth-order valence-corrected chi connectivity index (χ4v) is 5.49. The molecule has 0 bridgehead atoms. The van der Waals surface area contributed by atoms with Crippen LogP contribution < -0.4 is 10.9 Å². The molecule has 2 aromatic heterocycles. The third-order valence-electron chi connectivity index (χ3n) is 4.99. The second-order valence-electron chi connectivity index (χ2n) is 7.26. The van der Waals surface area contributed by atoms with Crippen molar-refractivity contribution in [3.05, 3.63) is 74.2 Å². The van der Waals surface area contributed by atoms with Crippen molar-refractivity contribution in [2.45, 2.75) is 12.1 Å². The molecule has 34 heavy (non-hydrogen) atoms. The van der Waals surface area contributed by atoms with Gasteiger partial charge in [0.15, 0.2) is 14.8 Å². The minimum absolute atomic E-state index is 0.00858. The van der Waals surface area contributed by atoms with Crippen molar-refractivity contribution in [3.8, 4) is 11.4 Å². The van der Waals surface area contributed by atoms with Crippen LogP contribution in [0.1, 0.15) is 5.56 Å². The number of hydrogen-bond donors (Lipinski definition) is 1. The van der Waals surface area contributed by atoms with Gasteiger partial charge in [-0.2, -0.15) is 0 Å². The second-order valence-corrected chi connectivity index (χ2v) is 9.85. The van der Waals surface area contributed by atoms with Crippen LogP contribution in [0.5, 0.6) is 0 Å². The van der Waals surface area contributed by atoms with E-state index in [1.54, 1.807) is 23.8 Å². The molecule has 1 N–H and O–H groups in total. The average molecular weight is 517 g/mol. The Labute approximate surface area is 208 Å². The van der Waals surface area contributed by atoms with E-state index < -0.39 is 11.4 Å². The van der Waals surface area contributed by atoms with E-state index in [2.05, 4.69) is 5.32 Å². The smallest absolute Gasteiger partial charge is 0.278 e. The molecule has 0 atom stereocenters. The highest BCUT2D eigenvalue weighted by atomic mass is 32.2. The van der Waals surface area contributed by atoms with Gasteiger partial charge in [0.2, 0.25) is 5.91 Å². The van der Waals surface area contributed by atoms with Gasteiger partial charge in [0.05, 0.1) is 23.7 Å². The topological polar surface area (TPSA) is 78.2 Å². The predicted molar refractivity (Wildman–Crippen MR) is 136 cm³/mol. The first kappa shape index (κ1) is 24.3. The summed E-state index contributed by atoms with van der Waals surface area (Å²) in [7, 11) is 1.55. The zero-order valence-electron chi connectivity index (χ0n) is 18.4. The number of para-hydroxylation sites is 2. The lowest BCUT2D eigenvalue weighted by Crippen LogP contribution is -2.29. The van der Waals surface area contributed by atoms with Gasteiger partial charge in [-0.3, -0.25) is 18.7 Å². The van der Waals surface area contributed by atoms with Crippen LogP contribution in [0.4, 0.5) is 4.39 Å². The third-order valence-corrected chi connectivity index (χ3v) is 7.28. The Morgan fingerprint density at radius 1 is 1.18 bits per heavy atom. The molecule has 1 amide bonds. The van der Waals surface area contributed by atoms with E-state index in [0.717, 1.165) is 34.3 Å². The quantitative estimate of drug-likeness (QED) is 0.163. The Kier molecular flexibility index (Phi) is 7.57. The first-order valence-corrected chi connectivity index (χ1v) is 12.5. The van der Waals surface area contributed by atoms with Gasteiger partial charge in [-0.05, 0) is 42.9 Å². The SMILES string of the molecule is COCCNC(=O)CSc1nc2c(sc(=S)n2-c2ccccc2C)c(=O)n1-c1ccccc1F. The Hall–Kier alpha value is -2.86. The maximum atomic E-state index is 14.7. The van der Waals surface area contributed by atoms with Crippen LogP contribution in [0.25, 0.3) is 21.7 Å². The molecule has 0 spiro atoms. The fraction of sp³-hybridized carbons (Fsp3) is 0.217. The number of thioether (sulfide) groups is 1. The van der Waals surface area contributed by atoms with Gasteiger partial charge < -0.3 is 10.1 Å². The molecule has 7 nitrogen and oxygen atoms in total. The molecular formula is C23H21FN4O3S3. The number of aryl methyl sites for hydroxylation is 1. The predicted octanol–water partition coefficient (Wildman–Crippen LogP) is 4.27. The molecule has 0 aliphatic rings. The number of thiazole rings is 1. The summed E-state index contributed by atoms with van der Waals surface area (Å²) in [6.07, 6.45) is 0. The Morgan fingerprint density at radius 2 is 1.88 bits per heavy atom. The normalized spacial score (nSPS) is 11.1. The number of rotatable bonds is 8. The Morgan fingerprint density at radius 3 is 2.59 bits per heavy atom. The van der Waals surface area contributed by atoms with E-state index in [9.17, 15) is 14.0 Å². The lowest BCUT2D eigenvalue weighted by Gasteiger charge is -2.14. The molecule has 0 saturated carbocycles. The maximum Gasteiger partial charge on any atom is 0.278 e. The van der Waals surface area contributed by atoms with Crippen molar-refractivity contribution >= 4 is 51.6 Å². The zero-order valence-corrected chi connectivity index (χ0v) is 20.9. The number of nitrogens with zero attached hydrogens (tertiary/aromatic N) is 3. The Bertz CT molecular complexity index is 1480. The summed E-state index contributed by atoms with van der Waals surface area (Å²) >= 11 is 7.77. The molecular weight excluding hydrogens is 495 g/mol. The highest BCUT2D eigenvalue weighted by Crippen LogP contribution is 2.29. The molecule has 0 unspecified atom stereocenters. The summed E-state index contributed by atoms with van der Waals surface area (Å²) in [6, 6.07) is 13.6. The highest BCUT2D eigenvalue weighted by molar-refractivity contribution is 7.99. The van der Waals surface area contributed by atoms with E-state index in [0.29, 0.717) is 27.5 Å². The first-order valence-electron chi connectivity index (χ1n) is 10.3. The second kappa shape index (κ2) is 10.6. The molecule has 4 aromatic rings. The van der Waals surface area contributed by atoms with E-state index in [1.807, 2.05) is 31.2 Å². The molecule has 0 aliphatic heterocycles. The Balaban J connectivity index is 1.89. The molecule has 176 valence electrons. The van der Waals surface area contributed by atoms with Crippen LogP contribution in [0.15, 0.2) is 58.5 Å². The van der Waals surface area contributed by atoms with Crippen LogP contribution in [-0.4, -0.2) is 46.0 Å². The summed E-state index contributed by atoms with van der Waals surface area (Å²) < 4.78 is 23.4. The van der Waals surface area contributed by atoms with Crippen LogP contribution in [0, 0.1) is 16.7 Å². The summed E-state index contributed by atoms with van der Waals surface area (Å²) in [6.45, 7) is 2.69. The minimum atomic E-state index is -0.570. The summed E-state index contributed by atoms with van der Waals surface area (Å²) in [5.74, 6) is -0.831. The van der Waals surface area contributed by atoms with Gasteiger partial charge in [-0.1, -0.05) is 53.4 Å². The van der Waals surface area contributed by atoms with Crippen LogP contribution in [-0.2, 0) is 9.53 Å². The van der Waals surface area contributed by atoms with Gasteiger partial charge in [0, 0.05) is 13.7 Å². The average Bonchev–Trinajstić information content (AvgIpc) is 3.15. The lowest BCUT2D eigenvalue weighted by molar-refractivity contribution is -0.118. The van der Waals surface area contributed by atoms with E-state index in [-0.39, 0.29) is 22.5 Å². The number of amides is 1. The molecule has 4 rings (SSSR count). The standard InChI is InChI=1S/C23H21FN4O3S3/c1-14-7-3-5-9-16(14)27-20-19(34-23(27)32)21(30)28(17-10-6-4-8-15(17)24)22(26-20)33-13-18(29)25-11-12-31-2/h3-10H,11-13H2,1-2H3,(H,25,29).